The van der Waals surface area contributed by atoms with Gasteiger partial charge in [0, 0.05) is 0 Å². The summed E-state index contributed by atoms with van der Waals surface area (Å²) in [4.78, 5) is 27.6. The standard InChI is InChI=1S/C32H41BN4O6S/c1-30(2,3)41-29(39)21-11-8-10-19(28(21)40-7)14-26(33-42-25-16-20-15-24(31(20,4)5)32(25,6)43-33)34-27(38)18-37-17-22(35-36-37)23-12-9-13-44-23/h8-13,17,20,24-26H,14-16,18H2,1-7H3,(H,34,38)/t20-,24-,25+,26?,32-/m0/s1. The van der Waals surface area contributed by atoms with E-state index in [1.54, 1.807) is 29.7 Å². The van der Waals surface area contributed by atoms with Crippen molar-refractivity contribution in [3.05, 3.63) is 53.0 Å². The Balaban J connectivity index is 1.26. The fourth-order valence-corrected chi connectivity index (χ4v) is 7.99. The number of hydrogen-bond donors (Lipinski definition) is 1. The molecule has 10 nitrogen and oxygen atoms in total. The summed E-state index contributed by atoms with van der Waals surface area (Å²) in [5.41, 5.74) is 0.847. The topological polar surface area (TPSA) is 114 Å². The van der Waals surface area contributed by atoms with Gasteiger partial charge < -0.3 is 24.1 Å². The Morgan fingerprint density at radius 1 is 1.20 bits per heavy atom. The molecule has 1 aliphatic heterocycles. The van der Waals surface area contributed by atoms with E-state index in [4.69, 9.17) is 18.8 Å². The van der Waals surface area contributed by atoms with Gasteiger partial charge in [-0.05, 0) is 87.3 Å². The number of thiophene rings is 1. The minimum atomic E-state index is -0.684. The van der Waals surface area contributed by atoms with E-state index >= 15 is 0 Å². The van der Waals surface area contributed by atoms with Crippen LogP contribution in [0.15, 0.2) is 41.9 Å². The molecule has 1 amide bonds. The summed E-state index contributed by atoms with van der Waals surface area (Å²) in [6, 6.07) is 9.29. The van der Waals surface area contributed by atoms with Crippen molar-refractivity contribution in [2.45, 2.75) is 90.6 Å². The highest BCUT2D eigenvalue weighted by Gasteiger charge is 2.68. The van der Waals surface area contributed by atoms with Gasteiger partial charge in [-0.1, -0.05) is 37.3 Å². The predicted molar refractivity (Wildman–Crippen MR) is 167 cm³/mol. The molecule has 12 heteroatoms. The van der Waals surface area contributed by atoms with Gasteiger partial charge in [0.25, 0.3) is 0 Å². The van der Waals surface area contributed by atoms with Gasteiger partial charge in [0.2, 0.25) is 5.91 Å². The number of nitrogens with one attached hydrogen (secondary N) is 1. The summed E-state index contributed by atoms with van der Waals surface area (Å²) in [6.07, 6.45) is 4.08. The maximum absolute atomic E-state index is 13.5. The minimum absolute atomic E-state index is 0.0187. The number of carbonyl (C=O) groups is 2. The maximum Gasteiger partial charge on any atom is 0.482 e. The lowest BCUT2D eigenvalue weighted by Crippen LogP contribution is -2.65. The summed E-state index contributed by atoms with van der Waals surface area (Å²) in [6.45, 7) is 12.2. The highest BCUT2D eigenvalue weighted by Crippen LogP contribution is 2.65. The molecule has 4 aliphatic rings. The number of rotatable bonds is 9. The van der Waals surface area contributed by atoms with Crippen molar-refractivity contribution >= 4 is 30.3 Å². The van der Waals surface area contributed by atoms with Crippen LogP contribution < -0.4 is 10.1 Å². The van der Waals surface area contributed by atoms with Crippen LogP contribution in [-0.2, 0) is 31.8 Å². The van der Waals surface area contributed by atoms with Gasteiger partial charge in [0.05, 0.1) is 35.8 Å². The Kier molecular flexibility index (Phi) is 7.91. The number of ether oxygens (including phenoxy) is 2. The van der Waals surface area contributed by atoms with Crippen LogP contribution in [0.3, 0.4) is 0 Å². The molecule has 3 aliphatic carbocycles. The van der Waals surface area contributed by atoms with Gasteiger partial charge in [0.15, 0.2) is 0 Å². The Morgan fingerprint density at radius 2 is 2.00 bits per heavy atom. The van der Waals surface area contributed by atoms with Gasteiger partial charge in [-0.15, -0.1) is 16.4 Å². The van der Waals surface area contributed by atoms with Crippen LogP contribution in [0.4, 0.5) is 0 Å². The Bertz CT molecular complexity index is 1540. The molecule has 7 rings (SSSR count). The molecule has 5 atom stereocenters. The van der Waals surface area contributed by atoms with Crippen molar-refractivity contribution in [1.29, 1.82) is 0 Å². The lowest BCUT2D eigenvalue weighted by atomic mass is 9.43. The third-order valence-corrected chi connectivity index (χ3v) is 10.5. The van der Waals surface area contributed by atoms with E-state index in [9.17, 15) is 9.59 Å². The second kappa shape index (κ2) is 11.3. The number of aromatic nitrogens is 3. The highest BCUT2D eigenvalue weighted by molar-refractivity contribution is 7.13. The summed E-state index contributed by atoms with van der Waals surface area (Å²) >= 11 is 1.56. The largest absolute Gasteiger partial charge is 0.496 e. The fourth-order valence-electron chi connectivity index (χ4n) is 7.32. The lowest BCUT2D eigenvalue weighted by molar-refractivity contribution is -0.199. The van der Waals surface area contributed by atoms with Crippen molar-refractivity contribution in [3.63, 3.8) is 0 Å². The first-order chi connectivity index (χ1) is 20.8. The maximum atomic E-state index is 13.5. The Labute approximate surface area is 262 Å². The van der Waals surface area contributed by atoms with Crippen molar-refractivity contribution in [1.82, 2.24) is 20.3 Å². The van der Waals surface area contributed by atoms with Crippen molar-refractivity contribution in [3.8, 4) is 16.3 Å². The molecule has 234 valence electrons. The molecule has 1 unspecified atom stereocenters. The molecular formula is C32H41BN4O6S. The third-order valence-electron chi connectivity index (χ3n) is 9.62. The van der Waals surface area contributed by atoms with Crippen LogP contribution in [0.25, 0.3) is 10.6 Å². The van der Waals surface area contributed by atoms with Gasteiger partial charge in [-0.25, -0.2) is 9.48 Å². The molecular weight excluding hydrogens is 579 g/mol. The van der Waals surface area contributed by atoms with Gasteiger partial charge in [0.1, 0.15) is 29.2 Å². The highest BCUT2D eigenvalue weighted by atomic mass is 32.1. The summed E-state index contributed by atoms with van der Waals surface area (Å²) in [5, 5.41) is 13.5. The van der Waals surface area contributed by atoms with E-state index in [0.717, 1.165) is 23.3 Å². The first kappa shape index (κ1) is 30.8. The van der Waals surface area contributed by atoms with Crippen LogP contribution in [-0.4, -0.2) is 64.3 Å². The van der Waals surface area contributed by atoms with Gasteiger partial charge in [-0.3, -0.25) is 4.79 Å². The second-order valence-corrected chi connectivity index (χ2v) is 14.9. The average Bonchev–Trinajstić information content (AvgIpc) is 3.70. The number of amides is 1. The van der Waals surface area contributed by atoms with Gasteiger partial charge in [-0.2, -0.15) is 0 Å². The number of benzene rings is 1. The van der Waals surface area contributed by atoms with Crippen LogP contribution >= 0.6 is 11.3 Å². The quantitative estimate of drug-likeness (QED) is 0.264. The van der Waals surface area contributed by atoms with Crippen molar-refractivity contribution < 1.29 is 28.4 Å². The first-order valence-electron chi connectivity index (χ1n) is 15.2. The zero-order valence-electron chi connectivity index (χ0n) is 26.5. The summed E-state index contributed by atoms with van der Waals surface area (Å²) in [5.74, 6) is 0.0822. The normalized spacial score (nSPS) is 26.0. The number of methoxy groups -OCH3 is 1. The summed E-state index contributed by atoms with van der Waals surface area (Å²) < 4.78 is 26.3. The molecule has 3 aromatic rings. The van der Waals surface area contributed by atoms with Crippen LogP contribution in [0.1, 0.15) is 70.3 Å². The van der Waals surface area contributed by atoms with Gasteiger partial charge >= 0.3 is 13.1 Å². The minimum Gasteiger partial charge on any atom is -0.496 e. The first-order valence-corrected chi connectivity index (χ1v) is 16.1. The zero-order chi connectivity index (χ0) is 31.4. The fraction of sp³-hybridized carbons (Fsp3) is 0.562. The van der Waals surface area contributed by atoms with E-state index < -0.39 is 30.2 Å². The molecule has 0 spiro atoms. The zero-order valence-corrected chi connectivity index (χ0v) is 27.3. The van der Waals surface area contributed by atoms with Crippen LogP contribution in [0.5, 0.6) is 5.75 Å². The van der Waals surface area contributed by atoms with E-state index in [0.29, 0.717) is 35.3 Å². The van der Waals surface area contributed by atoms with Crippen molar-refractivity contribution in [2.24, 2.45) is 17.3 Å². The van der Waals surface area contributed by atoms with Crippen LogP contribution in [0, 0.1) is 17.3 Å². The number of nitrogens with zero attached hydrogens (tertiary/aromatic N) is 3. The molecule has 3 heterocycles. The number of para-hydroxylation sites is 1. The van der Waals surface area contributed by atoms with Crippen LogP contribution in [0.2, 0.25) is 0 Å². The molecule has 1 aromatic carbocycles. The number of hydrogen-bond acceptors (Lipinski definition) is 9. The molecule has 1 saturated heterocycles. The monoisotopic (exact) mass is 620 g/mol. The van der Waals surface area contributed by atoms with E-state index in [1.807, 2.05) is 44.4 Å². The number of esters is 1. The smallest absolute Gasteiger partial charge is 0.482 e. The van der Waals surface area contributed by atoms with E-state index in [2.05, 4.69) is 36.4 Å². The molecule has 2 bridgehead atoms. The molecule has 1 N–H and O–H groups in total. The molecule has 2 aromatic heterocycles. The molecule has 0 radical (unpaired) electrons. The molecule has 44 heavy (non-hydrogen) atoms. The Morgan fingerprint density at radius 3 is 2.68 bits per heavy atom. The number of carbonyl (C=O) groups excluding carboxylic acids is 2. The molecule has 3 saturated carbocycles. The lowest BCUT2D eigenvalue weighted by Gasteiger charge is -2.64. The second-order valence-electron chi connectivity index (χ2n) is 14.0. The molecule has 4 fully saturated rings. The van der Waals surface area contributed by atoms with E-state index in [-0.39, 0.29) is 24.0 Å². The van der Waals surface area contributed by atoms with E-state index in [1.165, 1.54) is 11.8 Å². The third kappa shape index (κ3) is 5.67. The Hall–Kier alpha value is -3.22. The van der Waals surface area contributed by atoms with Crippen molar-refractivity contribution in [2.75, 3.05) is 7.11 Å². The predicted octanol–water partition coefficient (Wildman–Crippen LogP) is 4.97. The summed E-state index contributed by atoms with van der Waals surface area (Å²) in [7, 11) is 0.848. The average molecular weight is 621 g/mol. The SMILES string of the molecule is COc1c(CC(NC(=O)Cn2cc(-c3cccs3)nn2)B2O[C@@H]3C[C@@H]4C[C@@H](C4(C)C)[C@]3(C)O2)cccc1C(=O)OC(C)(C)C.